The molecule has 0 aliphatic carbocycles. The third-order valence-electron chi connectivity index (χ3n) is 2.82. The Kier molecular flexibility index (Phi) is 3.33. The zero-order valence-electron chi connectivity index (χ0n) is 9.56. The predicted molar refractivity (Wildman–Crippen MR) is 65.6 cm³/mol. The van der Waals surface area contributed by atoms with Crippen molar-refractivity contribution in [3.8, 4) is 0 Å². The van der Waals surface area contributed by atoms with Crippen molar-refractivity contribution in [2.45, 2.75) is 12.8 Å². The highest BCUT2D eigenvalue weighted by Gasteiger charge is 2.16. The molecule has 1 nitrogen and oxygen atoms in total. The van der Waals surface area contributed by atoms with E-state index in [4.69, 9.17) is 0 Å². The number of hydrogen-bond donors (Lipinski definition) is 0. The van der Waals surface area contributed by atoms with Crippen molar-refractivity contribution in [1.29, 1.82) is 0 Å². The minimum absolute atomic E-state index is 0.0104. The van der Waals surface area contributed by atoms with Gasteiger partial charge in [0.25, 0.3) is 0 Å². The van der Waals surface area contributed by atoms with Crippen LogP contribution in [0.2, 0.25) is 0 Å². The van der Waals surface area contributed by atoms with E-state index in [0.29, 0.717) is 5.56 Å². The van der Waals surface area contributed by atoms with Gasteiger partial charge in [0.15, 0.2) is 5.78 Å². The second-order valence-corrected chi connectivity index (χ2v) is 4.00. The molecule has 0 spiro atoms. The second kappa shape index (κ2) is 4.91. The smallest absolute Gasteiger partial charge is 0.170 e. The summed E-state index contributed by atoms with van der Waals surface area (Å²) >= 11 is 0. The Morgan fingerprint density at radius 3 is 2.18 bits per heavy atom. The lowest BCUT2D eigenvalue weighted by Gasteiger charge is -2.10. The number of ketones is 1. The van der Waals surface area contributed by atoms with Crippen LogP contribution in [0.1, 0.15) is 28.8 Å². The molecule has 86 valence electrons. The van der Waals surface area contributed by atoms with Gasteiger partial charge >= 0.3 is 0 Å². The summed E-state index contributed by atoms with van der Waals surface area (Å²) in [5.41, 5.74) is 1.52. The number of halogens is 1. The van der Waals surface area contributed by atoms with Gasteiger partial charge in [0.05, 0.1) is 0 Å². The monoisotopic (exact) mass is 228 g/mol. The van der Waals surface area contributed by atoms with Crippen LogP contribution in [0.15, 0.2) is 54.6 Å². The van der Waals surface area contributed by atoms with Crippen molar-refractivity contribution in [3.63, 3.8) is 0 Å². The molecular formula is C15H13FO. The summed E-state index contributed by atoms with van der Waals surface area (Å²) in [5.74, 6) is -0.522. The summed E-state index contributed by atoms with van der Waals surface area (Å²) < 4.78 is 12.8. The average molecular weight is 228 g/mol. The maximum Gasteiger partial charge on any atom is 0.170 e. The Morgan fingerprint density at radius 1 is 1.00 bits per heavy atom. The van der Waals surface area contributed by atoms with E-state index in [1.807, 2.05) is 37.3 Å². The highest BCUT2D eigenvalue weighted by molar-refractivity contribution is 6.00. The molecule has 0 saturated carbocycles. The third kappa shape index (κ3) is 2.59. The van der Waals surface area contributed by atoms with Crippen LogP contribution < -0.4 is 0 Å². The summed E-state index contributed by atoms with van der Waals surface area (Å²) in [7, 11) is 0. The largest absolute Gasteiger partial charge is 0.294 e. The fourth-order valence-electron chi connectivity index (χ4n) is 1.76. The Bertz CT molecular complexity index is 502. The standard InChI is InChI=1S/C15H13FO/c1-11(12-5-3-2-4-6-12)15(17)13-7-9-14(16)10-8-13/h2-11H,1H3/t11-/m1/s1. The summed E-state index contributed by atoms with van der Waals surface area (Å²) in [6.45, 7) is 1.86. The van der Waals surface area contributed by atoms with Crippen LogP contribution in [-0.4, -0.2) is 5.78 Å². The molecule has 0 bridgehead atoms. The Morgan fingerprint density at radius 2 is 1.59 bits per heavy atom. The van der Waals surface area contributed by atoms with Crippen molar-refractivity contribution in [1.82, 2.24) is 0 Å². The van der Waals surface area contributed by atoms with Gasteiger partial charge in [-0.05, 0) is 29.8 Å². The molecular weight excluding hydrogens is 215 g/mol. The number of Topliss-reactive ketones (excluding diaryl/α,β-unsaturated/α-hetero) is 1. The van der Waals surface area contributed by atoms with Crippen LogP contribution in [0, 0.1) is 5.82 Å². The predicted octanol–water partition coefficient (Wildman–Crippen LogP) is 3.81. The maximum absolute atomic E-state index is 12.8. The van der Waals surface area contributed by atoms with Gasteiger partial charge < -0.3 is 0 Å². The molecule has 0 unspecified atom stereocenters. The van der Waals surface area contributed by atoms with Gasteiger partial charge in [-0.25, -0.2) is 4.39 Å². The first-order valence-corrected chi connectivity index (χ1v) is 5.53. The molecule has 0 heterocycles. The lowest BCUT2D eigenvalue weighted by atomic mass is 9.92. The summed E-state index contributed by atoms with van der Waals surface area (Å²) in [4.78, 5) is 12.1. The van der Waals surface area contributed by atoms with Crippen LogP contribution in [0.25, 0.3) is 0 Å². The van der Waals surface area contributed by atoms with E-state index in [0.717, 1.165) is 5.56 Å². The van der Waals surface area contributed by atoms with Gasteiger partial charge in [0, 0.05) is 11.5 Å². The molecule has 17 heavy (non-hydrogen) atoms. The third-order valence-corrected chi connectivity index (χ3v) is 2.82. The SMILES string of the molecule is C[C@@H](C(=O)c1ccc(F)cc1)c1ccccc1. The highest BCUT2D eigenvalue weighted by atomic mass is 19.1. The van der Waals surface area contributed by atoms with Gasteiger partial charge in [0.1, 0.15) is 5.82 Å². The van der Waals surface area contributed by atoms with Gasteiger partial charge in [-0.2, -0.15) is 0 Å². The fraction of sp³-hybridized carbons (Fsp3) is 0.133. The molecule has 0 fully saturated rings. The molecule has 0 radical (unpaired) electrons. The number of carbonyl (C=O) groups is 1. The van der Waals surface area contributed by atoms with E-state index in [1.54, 1.807) is 0 Å². The van der Waals surface area contributed by atoms with Crippen LogP contribution >= 0.6 is 0 Å². The first-order chi connectivity index (χ1) is 8.18. The van der Waals surface area contributed by atoms with Crippen LogP contribution in [-0.2, 0) is 0 Å². The summed E-state index contributed by atoms with van der Waals surface area (Å²) in [5, 5.41) is 0. The van der Waals surface area contributed by atoms with Crippen LogP contribution in [0.4, 0.5) is 4.39 Å². The maximum atomic E-state index is 12.8. The minimum Gasteiger partial charge on any atom is -0.294 e. The van der Waals surface area contributed by atoms with Gasteiger partial charge in [-0.1, -0.05) is 37.3 Å². The van der Waals surface area contributed by atoms with Crippen molar-refractivity contribution in [2.75, 3.05) is 0 Å². The van der Waals surface area contributed by atoms with Crippen molar-refractivity contribution < 1.29 is 9.18 Å². The minimum atomic E-state index is -0.325. The molecule has 0 aromatic heterocycles. The van der Waals surface area contributed by atoms with Crippen molar-refractivity contribution in [3.05, 3.63) is 71.5 Å². The first kappa shape index (κ1) is 11.5. The summed E-state index contributed by atoms with van der Waals surface area (Å²) in [6, 6.07) is 15.2. The zero-order valence-corrected chi connectivity index (χ0v) is 9.56. The molecule has 1 atom stereocenters. The van der Waals surface area contributed by atoms with Crippen molar-refractivity contribution in [2.24, 2.45) is 0 Å². The topological polar surface area (TPSA) is 17.1 Å². The molecule has 2 heteroatoms. The van der Waals surface area contributed by atoms with E-state index >= 15 is 0 Å². The number of benzene rings is 2. The van der Waals surface area contributed by atoms with Crippen molar-refractivity contribution >= 4 is 5.78 Å². The van der Waals surface area contributed by atoms with Crippen LogP contribution in [0.3, 0.4) is 0 Å². The zero-order chi connectivity index (χ0) is 12.3. The molecule has 2 aromatic rings. The molecule has 0 aliphatic rings. The molecule has 0 saturated heterocycles. The lowest BCUT2D eigenvalue weighted by Crippen LogP contribution is -2.09. The Hall–Kier alpha value is -1.96. The number of hydrogen-bond acceptors (Lipinski definition) is 1. The number of rotatable bonds is 3. The lowest BCUT2D eigenvalue weighted by molar-refractivity contribution is 0.0966. The number of carbonyl (C=O) groups excluding carboxylic acids is 1. The van der Waals surface area contributed by atoms with Gasteiger partial charge in [-0.3, -0.25) is 4.79 Å². The Labute approximate surface area is 99.9 Å². The molecule has 2 aromatic carbocycles. The van der Waals surface area contributed by atoms with Gasteiger partial charge in [-0.15, -0.1) is 0 Å². The average Bonchev–Trinajstić information content (AvgIpc) is 2.39. The fourth-order valence-corrected chi connectivity index (χ4v) is 1.76. The van der Waals surface area contributed by atoms with E-state index < -0.39 is 0 Å². The normalized spacial score (nSPS) is 12.1. The first-order valence-electron chi connectivity index (χ1n) is 5.53. The van der Waals surface area contributed by atoms with E-state index in [2.05, 4.69) is 0 Å². The van der Waals surface area contributed by atoms with Gasteiger partial charge in [0.2, 0.25) is 0 Å². The molecule has 0 N–H and O–H groups in total. The van der Waals surface area contributed by atoms with Crippen LogP contribution in [0.5, 0.6) is 0 Å². The molecule has 0 amide bonds. The molecule has 0 aliphatic heterocycles. The highest BCUT2D eigenvalue weighted by Crippen LogP contribution is 2.20. The summed E-state index contributed by atoms with van der Waals surface area (Å²) in [6.07, 6.45) is 0. The Balaban J connectivity index is 2.23. The van der Waals surface area contributed by atoms with E-state index in [1.165, 1.54) is 24.3 Å². The van der Waals surface area contributed by atoms with E-state index in [-0.39, 0.29) is 17.5 Å². The second-order valence-electron chi connectivity index (χ2n) is 4.00. The van der Waals surface area contributed by atoms with E-state index in [9.17, 15) is 9.18 Å². The molecule has 2 rings (SSSR count). The quantitative estimate of drug-likeness (QED) is 0.730.